The van der Waals surface area contributed by atoms with Gasteiger partial charge in [0.05, 0.1) is 6.04 Å². The van der Waals surface area contributed by atoms with Crippen LogP contribution in [0.25, 0.3) is 6.08 Å². The van der Waals surface area contributed by atoms with Crippen molar-refractivity contribution in [1.82, 2.24) is 4.90 Å². The van der Waals surface area contributed by atoms with Crippen LogP contribution in [-0.4, -0.2) is 17.4 Å². The lowest BCUT2D eigenvalue weighted by molar-refractivity contribution is -0.128. The fraction of sp³-hybridized carbons (Fsp3) is 0.235. The highest BCUT2D eigenvalue weighted by Crippen LogP contribution is 2.32. The van der Waals surface area contributed by atoms with Crippen LogP contribution in [0.4, 0.5) is 0 Å². The van der Waals surface area contributed by atoms with Crippen LogP contribution in [0.1, 0.15) is 29.0 Å². The van der Waals surface area contributed by atoms with Crippen LogP contribution < -0.4 is 0 Å². The maximum Gasteiger partial charge on any atom is 0.247 e. The predicted molar refractivity (Wildman–Crippen MR) is 83.6 cm³/mol. The minimum absolute atomic E-state index is 0.0956. The topological polar surface area (TPSA) is 20.3 Å². The number of carbonyl (C=O) groups excluding carboxylic acids is 1. The van der Waals surface area contributed by atoms with E-state index in [0.717, 1.165) is 18.5 Å². The zero-order valence-electron chi connectivity index (χ0n) is 11.5. The highest BCUT2D eigenvalue weighted by Gasteiger charge is 2.26. The zero-order chi connectivity index (χ0) is 13.9. The Labute approximate surface area is 123 Å². The molecule has 0 radical (unpaired) electrons. The molecule has 1 aliphatic heterocycles. The maximum atomic E-state index is 12.4. The summed E-state index contributed by atoms with van der Waals surface area (Å²) in [6.07, 6.45) is 4.55. The van der Waals surface area contributed by atoms with Crippen LogP contribution in [0.3, 0.4) is 0 Å². The molecule has 102 valence electrons. The number of thiophene rings is 1. The van der Waals surface area contributed by atoms with Crippen LogP contribution in [0.2, 0.25) is 0 Å². The van der Waals surface area contributed by atoms with Gasteiger partial charge in [0.25, 0.3) is 0 Å². The summed E-state index contributed by atoms with van der Waals surface area (Å²) in [6, 6.07) is 12.3. The summed E-state index contributed by atoms with van der Waals surface area (Å²) in [5, 5.41) is 2.12. The molecule has 3 rings (SSSR count). The van der Waals surface area contributed by atoms with E-state index in [1.54, 1.807) is 17.4 Å². The molecule has 0 bridgehead atoms. The molecule has 2 aromatic rings. The van der Waals surface area contributed by atoms with Crippen molar-refractivity contribution in [2.24, 2.45) is 0 Å². The highest BCUT2D eigenvalue weighted by atomic mass is 32.1. The summed E-state index contributed by atoms with van der Waals surface area (Å²) >= 11 is 1.80. The normalized spacial score (nSPS) is 18.2. The Morgan fingerprint density at radius 3 is 2.90 bits per heavy atom. The third-order valence-electron chi connectivity index (χ3n) is 3.78. The summed E-state index contributed by atoms with van der Waals surface area (Å²) in [5.41, 5.74) is 2.37. The zero-order valence-corrected chi connectivity index (χ0v) is 12.3. The van der Waals surface area contributed by atoms with Gasteiger partial charge in [0, 0.05) is 17.5 Å². The number of hydrogen-bond donors (Lipinski definition) is 0. The number of hydrogen-bond acceptors (Lipinski definition) is 2. The van der Waals surface area contributed by atoms with E-state index in [1.807, 2.05) is 41.3 Å². The van der Waals surface area contributed by atoms with Crippen LogP contribution in [0, 0.1) is 0 Å². The van der Waals surface area contributed by atoms with Gasteiger partial charge in [-0.3, -0.25) is 4.79 Å². The van der Waals surface area contributed by atoms with Gasteiger partial charge in [-0.1, -0.05) is 30.3 Å². The first-order chi connectivity index (χ1) is 9.75. The fourth-order valence-electron chi connectivity index (χ4n) is 2.64. The Balaban J connectivity index is 1.74. The molecule has 2 heterocycles. The molecule has 0 spiro atoms. The van der Waals surface area contributed by atoms with Gasteiger partial charge < -0.3 is 4.90 Å². The number of fused-ring (bicyclic) bond motifs is 1. The van der Waals surface area contributed by atoms with E-state index in [4.69, 9.17) is 0 Å². The molecule has 0 fully saturated rings. The lowest BCUT2D eigenvalue weighted by Gasteiger charge is -2.32. The van der Waals surface area contributed by atoms with E-state index in [1.165, 1.54) is 10.4 Å². The molecule has 1 aliphatic rings. The van der Waals surface area contributed by atoms with Gasteiger partial charge in [0.15, 0.2) is 0 Å². The smallest absolute Gasteiger partial charge is 0.247 e. The second-order valence-electron chi connectivity index (χ2n) is 5.00. The highest BCUT2D eigenvalue weighted by molar-refractivity contribution is 7.10. The minimum atomic E-state index is 0.0956. The molecule has 0 aliphatic carbocycles. The molecule has 1 amide bonds. The van der Waals surface area contributed by atoms with Crippen LogP contribution in [0.5, 0.6) is 0 Å². The Morgan fingerprint density at radius 1 is 1.30 bits per heavy atom. The van der Waals surface area contributed by atoms with Crippen LogP contribution in [-0.2, 0) is 11.2 Å². The minimum Gasteiger partial charge on any atom is -0.332 e. The first kappa shape index (κ1) is 13.1. The largest absolute Gasteiger partial charge is 0.332 e. The van der Waals surface area contributed by atoms with Crippen molar-refractivity contribution in [1.29, 1.82) is 0 Å². The summed E-state index contributed by atoms with van der Waals surface area (Å²) in [7, 11) is 0. The Bertz CT molecular complexity index is 629. The predicted octanol–water partition coefficient (Wildman–Crippen LogP) is 3.91. The summed E-state index contributed by atoms with van der Waals surface area (Å²) < 4.78 is 0. The van der Waals surface area contributed by atoms with Gasteiger partial charge in [0.2, 0.25) is 5.91 Å². The van der Waals surface area contributed by atoms with Crippen LogP contribution >= 0.6 is 11.3 Å². The van der Waals surface area contributed by atoms with Gasteiger partial charge in [-0.15, -0.1) is 11.3 Å². The molecule has 1 unspecified atom stereocenters. The van der Waals surface area contributed by atoms with Crippen molar-refractivity contribution < 1.29 is 4.79 Å². The SMILES string of the molecule is CC1c2ccsc2CCN1C(=O)C=Cc1ccccc1. The number of benzene rings is 1. The van der Waals surface area contributed by atoms with Crippen molar-refractivity contribution in [3.8, 4) is 0 Å². The average Bonchev–Trinajstić information content (AvgIpc) is 2.96. The van der Waals surface area contributed by atoms with E-state index in [2.05, 4.69) is 18.4 Å². The molecule has 1 aromatic heterocycles. The molecule has 1 aromatic carbocycles. The lowest BCUT2D eigenvalue weighted by Crippen LogP contribution is -2.37. The van der Waals surface area contributed by atoms with Gasteiger partial charge in [-0.05, 0) is 42.0 Å². The summed E-state index contributed by atoms with van der Waals surface area (Å²) in [6.45, 7) is 2.92. The van der Waals surface area contributed by atoms with Crippen molar-refractivity contribution in [2.45, 2.75) is 19.4 Å². The van der Waals surface area contributed by atoms with Gasteiger partial charge in [-0.2, -0.15) is 0 Å². The molecule has 3 heteroatoms. The molecule has 0 N–H and O–H groups in total. The first-order valence-electron chi connectivity index (χ1n) is 6.85. The number of carbonyl (C=O) groups is 1. The van der Waals surface area contributed by atoms with Gasteiger partial charge >= 0.3 is 0 Å². The summed E-state index contributed by atoms with van der Waals surface area (Å²) in [4.78, 5) is 15.7. The quantitative estimate of drug-likeness (QED) is 0.765. The molecule has 0 saturated heterocycles. The van der Waals surface area contributed by atoms with Crippen molar-refractivity contribution in [2.75, 3.05) is 6.54 Å². The van der Waals surface area contributed by atoms with Gasteiger partial charge in [0.1, 0.15) is 0 Å². The molecular formula is C17H17NOS. The lowest BCUT2D eigenvalue weighted by atomic mass is 10.0. The van der Waals surface area contributed by atoms with E-state index in [-0.39, 0.29) is 11.9 Å². The third-order valence-corrected chi connectivity index (χ3v) is 4.77. The monoisotopic (exact) mass is 283 g/mol. The number of rotatable bonds is 2. The van der Waals surface area contributed by atoms with Crippen molar-refractivity contribution in [3.63, 3.8) is 0 Å². The standard InChI is InChI=1S/C17H17NOS/c1-13-15-10-12-20-16(15)9-11-18(13)17(19)8-7-14-5-3-2-4-6-14/h2-8,10,12-13H,9,11H2,1H3. The van der Waals surface area contributed by atoms with Crippen molar-refractivity contribution >= 4 is 23.3 Å². The van der Waals surface area contributed by atoms with E-state index in [0.29, 0.717) is 0 Å². The average molecular weight is 283 g/mol. The van der Waals surface area contributed by atoms with Gasteiger partial charge in [-0.25, -0.2) is 0 Å². The van der Waals surface area contributed by atoms with E-state index < -0.39 is 0 Å². The Kier molecular flexibility index (Phi) is 3.70. The van der Waals surface area contributed by atoms with E-state index >= 15 is 0 Å². The molecule has 20 heavy (non-hydrogen) atoms. The molecule has 0 saturated carbocycles. The van der Waals surface area contributed by atoms with Crippen molar-refractivity contribution in [3.05, 3.63) is 63.9 Å². The second kappa shape index (κ2) is 5.63. The Hall–Kier alpha value is -1.87. The summed E-state index contributed by atoms with van der Waals surface area (Å²) in [5.74, 6) is 0.0956. The molecule has 2 nitrogen and oxygen atoms in total. The van der Waals surface area contributed by atoms with E-state index in [9.17, 15) is 4.79 Å². The fourth-order valence-corrected chi connectivity index (χ4v) is 3.60. The number of nitrogens with zero attached hydrogens (tertiary/aromatic N) is 1. The second-order valence-corrected chi connectivity index (χ2v) is 6.00. The van der Waals surface area contributed by atoms with Crippen LogP contribution in [0.15, 0.2) is 47.9 Å². The Morgan fingerprint density at radius 2 is 2.10 bits per heavy atom. The number of amides is 1. The maximum absolute atomic E-state index is 12.4. The molecule has 1 atom stereocenters. The molecular weight excluding hydrogens is 266 g/mol. The first-order valence-corrected chi connectivity index (χ1v) is 7.73. The third kappa shape index (κ3) is 2.54.